The van der Waals surface area contributed by atoms with E-state index in [1.807, 2.05) is 6.07 Å². The van der Waals surface area contributed by atoms with E-state index < -0.39 is 0 Å². The maximum absolute atomic E-state index is 5.95. The molecule has 0 bridgehead atoms. The van der Waals surface area contributed by atoms with Crippen molar-refractivity contribution in [3.63, 3.8) is 0 Å². The van der Waals surface area contributed by atoms with E-state index in [1.165, 1.54) is 30.4 Å². The van der Waals surface area contributed by atoms with Crippen molar-refractivity contribution in [1.82, 2.24) is 10.2 Å². The van der Waals surface area contributed by atoms with Gasteiger partial charge in [-0.05, 0) is 42.0 Å². The molecule has 3 nitrogen and oxygen atoms in total. The molecule has 0 amide bonds. The second-order valence-electron chi connectivity index (χ2n) is 7.27. The predicted octanol–water partition coefficient (Wildman–Crippen LogP) is 4.86. The molecule has 2 aromatic rings. The summed E-state index contributed by atoms with van der Waals surface area (Å²) in [6, 6.07) is 19.8. The molecule has 1 aliphatic heterocycles. The summed E-state index contributed by atoms with van der Waals surface area (Å²) in [5.41, 5.74) is 2.67. The van der Waals surface area contributed by atoms with Crippen LogP contribution in [0.3, 0.4) is 0 Å². The van der Waals surface area contributed by atoms with E-state index in [-0.39, 0.29) is 24.8 Å². The lowest BCUT2D eigenvalue weighted by molar-refractivity contribution is 0.0836. The maximum atomic E-state index is 5.95. The van der Waals surface area contributed by atoms with Crippen molar-refractivity contribution in [2.75, 3.05) is 26.2 Å². The average Bonchev–Trinajstić information content (AvgIpc) is 2.65. The summed E-state index contributed by atoms with van der Waals surface area (Å²) < 4.78 is 5.95. The van der Waals surface area contributed by atoms with Crippen molar-refractivity contribution < 1.29 is 4.74 Å². The van der Waals surface area contributed by atoms with E-state index >= 15 is 0 Å². The molecule has 1 saturated carbocycles. The Bertz CT molecular complexity index is 656. The number of hydrogen-bond donors (Lipinski definition) is 1. The average molecular weight is 409 g/mol. The van der Waals surface area contributed by atoms with Crippen LogP contribution in [0.1, 0.15) is 36.4 Å². The van der Waals surface area contributed by atoms with Crippen LogP contribution in [0.2, 0.25) is 0 Å². The van der Waals surface area contributed by atoms with Crippen LogP contribution in [0.25, 0.3) is 0 Å². The standard InChI is InChI=1S/C22H28N2O.2ClH/c1-2-5-18(6-3-1)17-25-21-11-9-20(10-12-21)22(19-7-4-8-19)24-15-13-23-14-16-24;;/h1-3,5-6,9-12,19,22-23H,4,7-8,13-17H2;2*1H/t22-;;/m0../s1. The third-order valence-electron chi connectivity index (χ3n) is 5.61. The van der Waals surface area contributed by atoms with Gasteiger partial charge < -0.3 is 10.1 Å². The van der Waals surface area contributed by atoms with Gasteiger partial charge in [0.25, 0.3) is 0 Å². The zero-order valence-electron chi connectivity index (χ0n) is 15.7. The fourth-order valence-corrected chi connectivity index (χ4v) is 4.00. The smallest absolute Gasteiger partial charge is 0.119 e. The number of ether oxygens (including phenoxy) is 1. The van der Waals surface area contributed by atoms with E-state index in [1.54, 1.807) is 0 Å². The van der Waals surface area contributed by atoms with Gasteiger partial charge in [-0.15, -0.1) is 24.8 Å². The summed E-state index contributed by atoms with van der Waals surface area (Å²) >= 11 is 0. The quantitative estimate of drug-likeness (QED) is 0.738. The first kappa shape index (κ1) is 22.0. The van der Waals surface area contributed by atoms with Gasteiger partial charge in [0.2, 0.25) is 0 Å². The van der Waals surface area contributed by atoms with E-state index in [0.717, 1.165) is 37.8 Å². The largest absolute Gasteiger partial charge is 0.489 e. The van der Waals surface area contributed by atoms with Crippen LogP contribution < -0.4 is 10.1 Å². The Balaban J connectivity index is 0.00000131. The van der Waals surface area contributed by atoms with Crippen LogP contribution in [0.4, 0.5) is 0 Å². The molecule has 4 rings (SSSR count). The van der Waals surface area contributed by atoms with Gasteiger partial charge in [-0.25, -0.2) is 0 Å². The van der Waals surface area contributed by atoms with Gasteiger partial charge in [-0.3, -0.25) is 4.90 Å². The van der Waals surface area contributed by atoms with Crippen molar-refractivity contribution in [2.45, 2.75) is 31.9 Å². The first-order valence-electron chi connectivity index (χ1n) is 9.61. The molecule has 1 aliphatic carbocycles. The summed E-state index contributed by atoms with van der Waals surface area (Å²) in [6.45, 7) is 5.17. The van der Waals surface area contributed by atoms with Gasteiger partial charge in [0, 0.05) is 32.2 Å². The molecule has 2 fully saturated rings. The Morgan fingerprint density at radius 1 is 0.926 bits per heavy atom. The maximum Gasteiger partial charge on any atom is 0.119 e. The normalized spacial score (nSPS) is 18.5. The molecule has 2 aliphatic rings. The minimum absolute atomic E-state index is 0. The monoisotopic (exact) mass is 408 g/mol. The van der Waals surface area contributed by atoms with Gasteiger partial charge in [0.05, 0.1) is 0 Å². The summed E-state index contributed by atoms with van der Waals surface area (Å²) in [4.78, 5) is 2.68. The van der Waals surface area contributed by atoms with Crippen LogP contribution in [0.5, 0.6) is 5.75 Å². The van der Waals surface area contributed by atoms with Gasteiger partial charge in [0.1, 0.15) is 12.4 Å². The number of nitrogens with one attached hydrogen (secondary N) is 1. The highest BCUT2D eigenvalue weighted by Gasteiger charge is 2.33. The van der Waals surface area contributed by atoms with Gasteiger partial charge in [-0.2, -0.15) is 0 Å². The number of halogens is 2. The zero-order valence-corrected chi connectivity index (χ0v) is 17.3. The molecule has 27 heavy (non-hydrogen) atoms. The summed E-state index contributed by atoms with van der Waals surface area (Å²) in [5, 5.41) is 3.48. The summed E-state index contributed by atoms with van der Waals surface area (Å²) in [5.74, 6) is 1.79. The van der Waals surface area contributed by atoms with Gasteiger partial charge >= 0.3 is 0 Å². The third-order valence-corrected chi connectivity index (χ3v) is 5.61. The van der Waals surface area contributed by atoms with Crippen molar-refractivity contribution in [1.29, 1.82) is 0 Å². The Labute approximate surface area is 175 Å². The number of hydrogen-bond acceptors (Lipinski definition) is 3. The molecular formula is C22H30Cl2N2O. The Kier molecular flexibility index (Phi) is 8.91. The van der Waals surface area contributed by atoms with E-state index in [4.69, 9.17) is 4.74 Å². The molecular weight excluding hydrogens is 379 g/mol. The Morgan fingerprint density at radius 2 is 1.59 bits per heavy atom. The lowest BCUT2D eigenvalue weighted by Crippen LogP contribution is -2.47. The molecule has 0 unspecified atom stereocenters. The molecule has 1 saturated heterocycles. The molecule has 1 heterocycles. The molecule has 148 valence electrons. The van der Waals surface area contributed by atoms with Crippen molar-refractivity contribution in [3.05, 3.63) is 65.7 Å². The van der Waals surface area contributed by atoms with Crippen LogP contribution >= 0.6 is 24.8 Å². The lowest BCUT2D eigenvalue weighted by Gasteiger charge is -2.43. The fourth-order valence-electron chi connectivity index (χ4n) is 4.00. The predicted molar refractivity (Wildman–Crippen MR) is 116 cm³/mol. The van der Waals surface area contributed by atoms with Gasteiger partial charge in [-0.1, -0.05) is 48.9 Å². The molecule has 0 spiro atoms. The van der Waals surface area contributed by atoms with E-state index in [0.29, 0.717) is 12.6 Å². The van der Waals surface area contributed by atoms with Crippen LogP contribution in [0, 0.1) is 5.92 Å². The molecule has 1 N–H and O–H groups in total. The highest BCUT2D eigenvalue weighted by molar-refractivity contribution is 5.85. The minimum Gasteiger partial charge on any atom is -0.489 e. The van der Waals surface area contributed by atoms with Crippen molar-refractivity contribution in [2.24, 2.45) is 5.92 Å². The highest BCUT2D eigenvalue weighted by atomic mass is 35.5. The zero-order chi connectivity index (χ0) is 16.9. The van der Waals surface area contributed by atoms with Crippen LogP contribution in [-0.4, -0.2) is 31.1 Å². The molecule has 0 radical (unpaired) electrons. The lowest BCUT2D eigenvalue weighted by atomic mass is 9.76. The number of benzene rings is 2. The highest BCUT2D eigenvalue weighted by Crippen LogP contribution is 2.41. The SMILES string of the molecule is Cl.Cl.c1ccc(COc2ccc([C@H](C3CCC3)N3CCNCC3)cc2)cc1. The third kappa shape index (κ3) is 5.61. The first-order valence-corrected chi connectivity index (χ1v) is 9.61. The van der Waals surface area contributed by atoms with E-state index in [9.17, 15) is 0 Å². The van der Waals surface area contributed by atoms with Crippen molar-refractivity contribution >= 4 is 24.8 Å². The molecule has 1 atom stereocenters. The molecule has 5 heteroatoms. The minimum atomic E-state index is 0. The Hall–Kier alpha value is -1.26. The van der Waals surface area contributed by atoms with E-state index in [2.05, 4.69) is 58.7 Å². The number of rotatable bonds is 6. The number of piperazine rings is 1. The van der Waals surface area contributed by atoms with Crippen LogP contribution in [0.15, 0.2) is 54.6 Å². The van der Waals surface area contributed by atoms with Crippen LogP contribution in [-0.2, 0) is 6.61 Å². The summed E-state index contributed by atoms with van der Waals surface area (Å²) in [6.07, 6.45) is 4.15. The molecule has 0 aromatic heterocycles. The topological polar surface area (TPSA) is 24.5 Å². The second kappa shape index (κ2) is 10.9. The second-order valence-corrected chi connectivity index (χ2v) is 7.27. The number of nitrogens with zero attached hydrogens (tertiary/aromatic N) is 1. The Morgan fingerprint density at radius 3 is 2.19 bits per heavy atom. The first-order chi connectivity index (χ1) is 12.4. The fraction of sp³-hybridized carbons (Fsp3) is 0.455. The van der Waals surface area contributed by atoms with Gasteiger partial charge in [0.15, 0.2) is 0 Å². The molecule has 2 aromatic carbocycles. The van der Waals surface area contributed by atoms with Crippen molar-refractivity contribution in [3.8, 4) is 5.75 Å². The summed E-state index contributed by atoms with van der Waals surface area (Å²) in [7, 11) is 0.